The first-order chi connectivity index (χ1) is 20.5. The molecule has 7 rings (SSSR count). The highest BCUT2D eigenvalue weighted by Crippen LogP contribution is 2.54. The van der Waals surface area contributed by atoms with E-state index in [1.807, 2.05) is 12.1 Å². The van der Waals surface area contributed by atoms with Gasteiger partial charge in [-0.1, -0.05) is 24.1 Å². The highest BCUT2D eigenvalue weighted by Gasteiger charge is 2.49. The molecule has 0 radical (unpaired) electrons. The molecular formula is C33H41N7O2. The molecule has 2 N–H and O–H groups in total. The number of nitrogen functional groups attached to an aromatic ring is 1. The van der Waals surface area contributed by atoms with E-state index >= 15 is 0 Å². The van der Waals surface area contributed by atoms with Crippen LogP contribution in [-0.2, 0) is 18.3 Å². The summed E-state index contributed by atoms with van der Waals surface area (Å²) in [4.78, 5) is 14.8. The molecule has 3 atom stereocenters. The van der Waals surface area contributed by atoms with Crippen LogP contribution in [-0.4, -0.2) is 58.9 Å². The highest BCUT2D eigenvalue weighted by atomic mass is 16.5. The Balaban J connectivity index is 1.31. The first kappa shape index (κ1) is 27.2. The summed E-state index contributed by atoms with van der Waals surface area (Å²) in [5.74, 6) is 2.92. The van der Waals surface area contributed by atoms with E-state index in [0.717, 1.165) is 93.7 Å². The summed E-state index contributed by atoms with van der Waals surface area (Å²) in [7, 11) is 2.18. The van der Waals surface area contributed by atoms with E-state index < -0.39 is 5.41 Å². The van der Waals surface area contributed by atoms with Crippen LogP contribution in [0.15, 0.2) is 22.7 Å². The second-order valence-corrected chi connectivity index (χ2v) is 12.8. The molecule has 4 aliphatic rings. The minimum Gasteiger partial charge on any atom is -0.473 e. The van der Waals surface area contributed by atoms with Crippen molar-refractivity contribution in [1.82, 2.24) is 20.0 Å². The molecule has 4 heterocycles. The number of aryl methyl sites for hydroxylation is 1. The molecule has 220 valence electrons. The molecule has 0 amide bonds. The summed E-state index contributed by atoms with van der Waals surface area (Å²) >= 11 is 0. The van der Waals surface area contributed by atoms with Crippen molar-refractivity contribution in [2.75, 3.05) is 37.3 Å². The first-order valence-corrected chi connectivity index (χ1v) is 15.8. The second-order valence-electron chi connectivity index (χ2n) is 12.8. The third kappa shape index (κ3) is 4.51. The third-order valence-electron chi connectivity index (χ3n) is 10.2. The number of likely N-dealkylation sites (tertiary alicyclic amines) is 1. The predicted molar refractivity (Wildman–Crippen MR) is 162 cm³/mol. The number of benzene rings is 1. The number of nitrogens with zero attached hydrogens (tertiary/aromatic N) is 6. The Morgan fingerprint density at radius 2 is 1.90 bits per heavy atom. The van der Waals surface area contributed by atoms with Gasteiger partial charge in [-0.05, 0) is 95.5 Å². The maximum absolute atomic E-state index is 10.1. The molecule has 3 aromatic rings. The van der Waals surface area contributed by atoms with Gasteiger partial charge in [-0.2, -0.15) is 10.2 Å². The van der Waals surface area contributed by atoms with Crippen molar-refractivity contribution in [3.8, 4) is 23.5 Å². The quantitative estimate of drug-likeness (QED) is 0.405. The van der Waals surface area contributed by atoms with Gasteiger partial charge in [-0.25, -0.2) is 4.98 Å². The summed E-state index contributed by atoms with van der Waals surface area (Å²) < 4.78 is 12.8. The number of hydrogen-bond acceptors (Lipinski definition) is 9. The molecule has 42 heavy (non-hydrogen) atoms. The topological polar surface area (TPSA) is 117 Å². The fourth-order valence-corrected chi connectivity index (χ4v) is 8.10. The normalized spacial score (nSPS) is 24.7. The maximum Gasteiger partial charge on any atom is 0.219 e. The molecule has 9 nitrogen and oxygen atoms in total. The number of likely N-dealkylation sites (N-methyl/N-ethyl adjacent to an activating group) is 1. The molecule has 0 saturated carbocycles. The van der Waals surface area contributed by atoms with Gasteiger partial charge in [0, 0.05) is 36.4 Å². The van der Waals surface area contributed by atoms with Crippen molar-refractivity contribution < 1.29 is 9.26 Å². The Kier molecular flexibility index (Phi) is 7.05. The summed E-state index contributed by atoms with van der Waals surface area (Å²) in [6.07, 6.45) is 11.6. The van der Waals surface area contributed by atoms with E-state index in [0.29, 0.717) is 34.7 Å². The van der Waals surface area contributed by atoms with E-state index in [-0.39, 0.29) is 6.10 Å². The van der Waals surface area contributed by atoms with Crippen LogP contribution in [0.1, 0.15) is 92.7 Å². The Bertz CT molecular complexity index is 1520. The highest BCUT2D eigenvalue weighted by molar-refractivity contribution is 5.68. The molecule has 0 bridgehead atoms. The lowest BCUT2D eigenvalue weighted by Crippen LogP contribution is -2.38. The lowest BCUT2D eigenvalue weighted by molar-refractivity contribution is 0.117. The van der Waals surface area contributed by atoms with E-state index in [1.165, 1.54) is 24.8 Å². The van der Waals surface area contributed by atoms with Crippen LogP contribution in [0.25, 0.3) is 11.5 Å². The third-order valence-corrected chi connectivity index (χ3v) is 10.2. The number of nitrogens with two attached hydrogens (primary N) is 1. The molecule has 2 saturated heterocycles. The van der Waals surface area contributed by atoms with Gasteiger partial charge in [-0.15, -0.1) is 0 Å². The summed E-state index contributed by atoms with van der Waals surface area (Å²) in [6.45, 7) is 5.21. The molecular weight excluding hydrogens is 526 g/mol. The average molecular weight is 568 g/mol. The smallest absolute Gasteiger partial charge is 0.219 e. The van der Waals surface area contributed by atoms with Gasteiger partial charge in [0.1, 0.15) is 18.0 Å². The van der Waals surface area contributed by atoms with E-state index in [1.54, 1.807) is 0 Å². The number of hydrogen-bond donors (Lipinski definition) is 1. The van der Waals surface area contributed by atoms with Crippen molar-refractivity contribution in [3.05, 3.63) is 46.2 Å². The Labute approximate surface area is 248 Å². The van der Waals surface area contributed by atoms with Gasteiger partial charge in [0.15, 0.2) is 17.3 Å². The number of fused-ring (bicyclic) bond motifs is 4. The largest absolute Gasteiger partial charge is 0.473 e. The van der Waals surface area contributed by atoms with Crippen molar-refractivity contribution in [2.45, 2.75) is 95.1 Å². The lowest BCUT2D eigenvalue weighted by Gasteiger charge is -2.33. The number of anilines is 2. The Hall–Kier alpha value is -3.64. The lowest BCUT2D eigenvalue weighted by atomic mass is 9.68. The standard InChI is InChI=1S/C33H41N7O2/c1-21(26-10-8-16-39(26)2)41-28-19-27(40-17-5-3-4-6-18-40)36-32(37-28)30-23-9-7-14-33(31(23)42-38-30)15-13-22-11-12-25(35)24(20-34)29(22)33/h11-12,19,21,26H,3-10,13-18,35H2,1-2H3/t21-,26-,33-/m0/s1. The monoisotopic (exact) mass is 567 g/mol. The van der Waals surface area contributed by atoms with Gasteiger partial charge in [0.05, 0.1) is 11.0 Å². The number of nitriles is 1. The zero-order chi connectivity index (χ0) is 28.8. The molecule has 2 aliphatic heterocycles. The zero-order valence-electron chi connectivity index (χ0n) is 24.9. The number of aromatic nitrogens is 3. The minimum atomic E-state index is -0.391. The molecule has 0 unspecified atom stereocenters. The van der Waals surface area contributed by atoms with Gasteiger partial charge in [0.25, 0.3) is 0 Å². The molecule has 9 heteroatoms. The molecule has 1 spiro atoms. The molecule has 2 aliphatic carbocycles. The summed E-state index contributed by atoms with van der Waals surface area (Å²) in [5.41, 5.74) is 11.0. The predicted octanol–water partition coefficient (Wildman–Crippen LogP) is 5.40. The number of ether oxygens (including phenoxy) is 1. The Morgan fingerprint density at radius 3 is 2.67 bits per heavy atom. The summed E-state index contributed by atoms with van der Waals surface area (Å²) in [5, 5.41) is 14.7. The van der Waals surface area contributed by atoms with E-state index in [4.69, 9.17) is 25.0 Å². The molecule has 2 aromatic heterocycles. The van der Waals surface area contributed by atoms with E-state index in [2.05, 4.69) is 41.1 Å². The van der Waals surface area contributed by atoms with Crippen LogP contribution < -0.4 is 15.4 Å². The van der Waals surface area contributed by atoms with Crippen LogP contribution in [0, 0.1) is 11.3 Å². The zero-order valence-corrected chi connectivity index (χ0v) is 24.9. The van der Waals surface area contributed by atoms with Gasteiger partial charge >= 0.3 is 0 Å². The second kappa shape index (κ2) is 10.9. The van der Waals surface area contributed by atoms with Gasteiger partial charge < -0.3 is 19.9 Å². The van der Waals surface area contributed by atoms with Crippen molar-refractivity contribution in [1.29, 1.82) is 5.26 Å². The maximum atomic E-state index is 10.1. The van der Waals surface area contributed by atoms with Crippen molar-refractivity contribution in [2.24, 2.45) is 0 Å². The average Bonchev–Trinajstić information content (AvgIpc) is 3.65. The SMILES string of the molecule is C[C@H](Oc1cc(N2CCCCCC2)nc(-c2noc3c2CCC[C@@]32CCc3ccc(N)c(C#N)c32)n1)[C@@H]1CCCN1C. The minimum absolute atomic E-state index is 0.0107. The molecule has 1 aromatic carbocycles. The van der Waals surface area contributed by atoms with Crippen LogP contribution in [0.2, 0.25) is 0 Å². The number of rotatable bonds is 5. The van der Waals surface area contributed by atoms with E-state index in [9.17, 15) is 5.26 Å². The van der Waals surface area contributed by atoms with Crippen LogP contribution in [0.3, 0.4) is 0 Å². The van der Waals surface area contributed by atoms with Gasteiger partial charge in [0.2, 0.25) is 5.88 Å². The Morgan fingerprint density at radius 1 is 1.07 bits per heavy atom. The van der Waals surface area contributed by atoms with Crippen LogP contribution >= 0.6 is 0 Å². The molecule has 2 fully saturated rings. The fourth-order valence-electron chi connectivity index (χ4n) is 8.10. The van der Waals surface area contributed by atoms with Gasteiger partial charge in [-0.3, -0.25) is 4.90 Å². The fraction of sp³-hybridized carbons (Fsp3) is 0.576. The first-order valence-electron chi connectivity index (χ1n) is 15.8. The summed E-state index contributed by atoms with van der Waals surface area (Å²) in [6, 6.07) is 8.72. The van der Waals surface area contributed by atoms with Crippen molar-refractivity contribution in [3.63, 3.8) is 0 Å². The van der Waals surface area contributed by atoms with Crippen LogP contribution in [0.5, 0.6) is 5.88 Å². The van der Waals surface area contributed by atoms with Crippen molar-refractivity contribution >= 4 is 11.5 Å². The van der Waals surface area contributed by atoms with Crippen LogP contribution in [0.4, 0.5) is 11.5 Å².